The van der Waals surface area contributed by atoms with Crippen molar-refractivity contribution >= 4 is 15.9 Å². The second-order valence-corrected chi connectivity index (χ2v) is 7.52. The van der Waals surface area contributed by atoms with E-state index in [1.165, 1.54) is 0 Å². The van der Waals surface area contributed by atoms with Crippen molar-refractivity contribution in [3.63, 3.8) is 0 Å². The molecule has 0 aliphatic carbocycles. The van der Waals surface area contributed by atoms with Crippen LogP contribution in [-0.4, -0.2) is 53.0 Å². The Labute approximate surface area is 131 Å². The number of unbranched alkanes of at least 4 members (excludes halogenated alkanes) is 1. The molecule has 124 valence electrons. The maximum atomic E-state index is 12.4. The van der Waals surface area contributed by atoms with Gasteiger partial charge in [-0.1, -0.05) is 33.3 Å². The predicted molar refractivity (Wildman–Crippen MR) is 84.4 cm³/mol. The van der Waals surface area contributed by atoms with Gasteiger partial charge in [0.05, 0.1) is 5.75 Å². The van der Waals surface area contributed by atoms with Crippen LogP contribution >= 0.6 is 0 Å². The number of nitrogens with zero attached hydrogens (tertiary/aromatic N) is 4. The van der Waals surface area contributed by atoms with Crippen molar-refractivity contribution < 1.29 is 13.2 Å². The molecule has 0 fully saturated rings. The summed E-state index contributed by atoms with van der Waals surface area (Å²) >= 11 is 0. The molecule has 0 saturated heterocycles. The molecule has 0 aliphatic rings. The summed E-state index contributed by atoms with van der Waals surface area (Å²) in [5, 5.41) is 3.54. The highest BCUT2D eigenvalue weighted by atomic mass is 32.2. The number of amides is 1. The topological polar surface area (TPSA) is 85.2 Å². The molecule has 1 heterocycles. The van der Waals surface area contributed by atoms with Crippen LogP contribution in [-0.2, 0) is 9.84 Å². The third-order valence-electron chi connectivity index (χ3n) is 2.92. The molecular weight excluding hydrogens is 304 g/mol. The first-order chi connectivity index (χ1) is 10.3. The van der Waals surface area contributed by atoms with Crippen LogP contribution in [0.3, 0.4) is 0 Å². The Kier molecular flexibility index (Phi) is 6.73. The fourth-order valence-corrected chi connectivity index (χ4v) is 3.15. The first-order valence-electron chi connectivity index (χ1n) is 7.36. The zero-order chi connectivity index (χ0) is 16.8. The normalized spacial score (nSPS) is 11.6. The molecule has 0 aromatic carbocycles. The summed E-state index contributed by atoms with van der Waals surface area (Å²) in [6.07, 6.45) is 4.08. The molecule has 0 N–H and O–H groups in total. The van der Waals surface area contributed by atoms with Crippen molar-refractivity contribution in [1.29, 1.82) is 0 Å². The third kappa shape index (κ3) is 4.94. The molecule has 0 unspecified atom stereocenters. The van der Waals surface area contributed by atoms with Crippen LogP contribution in [0.4, 0.5) is 4.79 Å². The average Bonchev–Trinajstić information content (AvgIpc) is 2.94. The van der Waals surface area contributed by atoms with E-state index in [-0.39, 0.29) is 16.8 Å². The molecule has 7 nitrogen and oxygen atoms in total. The molecule has 0 bridgehead atoms. The molecule has 1 rings (SSSR count). The summed E-state index contributed by atoms with van der Waals surface area (Å²) in [4.78, 5) is 17.7. The maximum absolute atomic E-state index is 12.4. The van der Waals surface area contributed by atoms with Gasteiger partial charge in [-0.15, -0.1) is 11.7 Å². The number of sulfone groups is 1. The number of carbonyl (C=O) groups is 1. The summed E-state index contributed by atoms with van der Waals surface area (Å²) in [5.41, 5.74) is 0. The van der Waals surface area contributed by atoms with Crippen LogP contribution in [0.2, 0.25) is 0 Å². The minimum absolute atomic E-state index is 0.00985. The molecule has 8 heteroatoms. The van der Waals surface area contributed by atoms with Gasteiger partial charge >= 0.3 is 6.03 Å². The lowest BCUT2D eigenvalue weighted by molar-refractivity contribution is 0.195. The number of hydrogen-bond donors (Lipinski definition) is 0. The van der Waals surface area contributed by atoms with Gasteiger partial charge < -0.3 is 4.90 Å². The minimum Gasteiger partial charge on any atom is -0.319 e. The number of rotatable bonds is 8. The summed E-state index contributed by atoms with van der Waals surface area (Å²) in [7, 11) is -3.53. The smallest absolute Gasteiger partial charge is 0.319 e. The molecule has 22 heavy (non-hydrogen) atoms. The minimum atomic E-state index is -3.53. The Balaban J connectivity index is 2.93. The molecule has 1 aromatic heterocycles. The molecule has 1 amide bonds. The van der Waals surface area contributed by atoms with Crippen molar-refractivity contribution in [2.45, 2.75) is 38.8 Å². The van der Waals surface area contributed by atoms with E-state index in [2.05, 4.69) is 16.7 Å². The van der Waals surface area contributed by atoms with Crippen LogP contribution < -0.4 is 0 Å². The zero-order valence-corrected chi connectivity index (χ0v) is 14.2. The van der Waals surface area contributed by atoms with Gasteiger partial charge in [0.2, 0.25) is 9.84 Å². The van der Waals surface area contributed by atoms with E-state index in [4.69, 9.17) is 0 Å². The van der Waals surface area contributed by atoms with Crippen LogP contribution in [0.15, 0.2) is 24.1 Å². The summed E-state index contributed by atoms with van der Waals surface area (Å²) in [6, 6.07) is -0.405. The second-order valence-electron chi connectivity index (χ2n) is 5.51. The molecule has 0 aliphatic heterocycles. The van der Waals surface area contributed by atoms with Gasteiger partial charge in [-0.2, -0.15) is 4.68 Å². The van der Waals surface area contributed by atoms with Crippen molar-refractivity contribution in [3.8, 4) is 0 Å². The Morgan fingerprint density at radius 2 is 2.18 bits per heavy atom. The highest BCUT2D eigenvalue weighted by Gasteiger charge is 2.23. The van der Waals surface area contributed by atoms with Crippen molar-refractivity contribution in [2.24, 2.45) is 5.92 Å². The Morgan fingerprint density at radius 3 is 2.73 bits per heavy atom. The quantitative estimate of drug-likeness (QED) is 0.681. The van der Waals surface area contributed by atoms with Gasteiger partial charge in [0.1, 0.15) is 6.33 Å². The lowest BCUT2D eigenvalue weighted by atomic mass is 10.2. The molecular formula is C14H24N4O3S. The van der Waals surface area contributed by atoms with Crippen molar-refractivity contribution in [2.75, 3.05) is 18.8 Å². The fraction of sp³-hybridized carbons (Fsp3) is 0.643. The van der Waals surface area contributed by atoms with E-state index >= 15 is 0 Å². The summed E-state index contributed by atoms with van der Waals surface area (Å²) in [6.45, 7) is 10.4. The monoisotopic (exact) mass is 328 g/mol. The van der Waals surface area contributed by atoms with E-state index in [9.17, 15) is 13.2 Å². The maximum Gasteiger partial charge on any atom is 0.346 e. The van der Waals surface area contributed by atoms with Crippen molar-refractivity contribution in [1.82, 2.24) is 19.7 Å². The van der Waals surface area contributed by atoms with Gasteiger partial charge in [-0.3, -0.25) is 0 Å². The van der Waals surface area contributed by atoms with Crippen LogP contribution in [0.5, 0.6) is 0 Å². The van der Waals surface area contributed by atoms with Gasteiger partial charge in [0.25, 0.3) is 5.16 Å². The van der Waals surface area contributed by atoms with E-state index in [0.29, 0.717) is 19.5 Å². The van der Waals surface area contributed by atoms with Crippen molar-refractivity contribution in [3.05, 3.63) is 19.0 Å². The van der Waals surface area contributed by atoms with Gasteiger partial charge in [-0.05, 0) is 12.3 Å². The Morgan fingerprint density at radius 1 is 1.50 bits per heavy atom. The van der Waals surface area contributed by atoms with E-state index < -0.39 is 15.9 Å². The third-order valence-corrected chi connectivity index (χ3v) is 4.49. The highest BCUT2D eigenvalue weighted by Crippen LogP contribution is 2.08. The molecule has 0 spiro atoms. The Bertz CT molecular complexity index is 607. The number of carbonyl (C=O) groups excluding carboxylic acids is 1. The Hall–Kier alpha value is -1.70. The lowest BCUT2D eigenvalue weighted by Crippen LogP contribution is -2.37. The molecule has 1 aromatic rings. The largest absolute Gasteiger partial charge is 0.346 e. The molecule has 0 atom stereocenters. The van der Waals surface area contributed by atoms with Gasteiger partial charge in [0.15, 0.2) is 0 Å². The predicted octanol–water partition coefficient (Wildman–Crippen LogP) is 1.96. The van der Waals surface area contributed by atoms with Gasteiger partial charge in [-0.25, -0.2) is 18.2 Å². The standard InChI is InChI=1S/C14H24N4O3S/c1-5-7-9-22(20,21)13-15-11-18(16-13)14(19)17(8-6-2)10-12(3)4/h6,11-12H,2,5,7-10H2,1,3-4H3. The average molecular weight is 328 g/mol. The van der Waals surface area contributed by atoms with E-state index in [0.717, 1.165) is 17.4 Å². The van der Waals surface area contributed by atoms with Crippen LogP contribution in [0.25, 0.3) is 0 Å². The first-order valence-corrected chi connectivity index (χ1v) is 9.01. The van der Waals surface area contributed by atoms with Gasteiger partial charge in [0, 0.05) is 13.1 Å². The first kappa shape index (κ1) is 18.3. The number of hydrogen-bond acceptors (Lipinski definition) is 5. The second kappa shape index (κ2) is 8.07. The van der Waals surface area contributed by atoms with E-state index in [1.54, 1.807) is 11.0 Å². The lowest BCUT2D eigenvalue weighted by Gasteiger charge is -2.22. The highest BCUT2D eigenvalue weighted by molar-refractivity contribution is 7.91. The van der Waals surface area contributed by atoms with E-state index in [1.807, 2.05) is 20.8 Å². The number of aromatic nitrogens is 3. The summed E-state index contributed by atoms with van der Waals surface area (Å²) < 4.78 is 25.0. The molecule has 0 radical (unpaired) electrons. The SMILES string of the molecule is C=CCN(CC(C)C)C(=O)n1cnc(S(=O)(=O)CCCC)n1. The summed E-state index contributed by atoms with van der Waals surface area (Å²) in [5.74, 6) is 0.268. The van der Waals surface area contributed by atoms with Crippen LogP contribution in [0.1, 0.15) is 33.6 Å². The van der Waals surface area contributed by atoms with Crippen LogP contribution in [0, 0.1) is 5.92 Å². The zero-order valence-electron chi connectivity index (χ0n) is 13.4. The fourth-order valence-electron chi connectivity index (χ4n) is 1.88. The molecule has 0 saturated carbocycles.